The van der Waals surface area contributed by atoms with E-state index >= 15 is 0 Å². The highest BCUT2D eigenvalue weighted by molar-refractivity contribution is 6.02. The molecule has 6 nitrogen and oxygen atoms in total. The molecular formula is C17H13NO5. The first-order valence-electron chi connectivity index (χ1n) is 7.06. The molecule has 0 aliphatic carbocycles. The third kappa shape index (κ3) is 2.78. The fourth-order valence-electron chi connectivity index (χ4n) is 2.35. The van der Waals surface area contributed by atoms with E-state index in [-0.39, 0.29) is 19.5 Å². The zero-order chi connectivity index (χ0) is 15.6. The summed E-state index contributed by atoms with van der Waals surface area (Å²) in [6.45, 7) is 0.434. The average molecular weight is 311 g/mol. The highest BCUT2D eigenvalue weighted by Gasteiger charge is 2.14. The van der Waals surface area contributed by atoms with Crippen molar-refractivity contribution in [2.45, 2.75) is 0 Å². The van der Waals surface area contributed by atoms with Gasteiger partial charge in [-0.15, -0.1) is 0 Å². The lowest BCUT2D eigenvalue weighted by molar-refractivity contribution is -0.111. The number of nitrogens with one attached hydrogen (secondary N) is 1. The van der Waals surface area contributed by atoms with Gasteiger partial charge in [0.15, 0.2) is 23.0 Å². The molecule has 1 amide bonds. The van der Waals surface area contributed by atoms with Crippen molar-refractivity contribution in [2.24, 2.45) is 0 Å². The average Bonchev–Trinajstić information content (AvgIpc) is 3.20. The van der Waals surface area contributed by atoms with Gasteiger partial charge in [0.25, 0.3) is 0 Å². The van der Waals surface area contributed by atoms with Gasteiger partial charge < -0.3 is 24.3 Å². The Kier molecular flexibility index (Phi) is 3.27. The summed E-state index contributed by atoms with van der Waals surface area (Å²) >= 11 is 0. The quantitative estimate of drug-likeness (QED) is 0.883. The smallest absolute Gasteiger partial charge is 0.248 e. The van der Waals surface area contributed by atoms with Gasteiger partial charge in [0.2, 0.25) is 19.5 Å². The summed E-state index contributed by atoms with van der Waals surface area (Å²) in [7, 11) is 0. The number of amides is 1. The van der Waals surface area contributed by atoms with E-state index in [1.54, 1.807) is 24.3 Å². The summed E-state index contributed by atoms with van der Waals surface area (Å²) in [4.78, 5) is 12.0. The molecule has 0 unspecified atom stereocenters. The van der Waals surface area contributed by atoms with Gasteiger partial charge in [0.1, 0.15) is 0 Å². The molecule has 0 saturated carbocycles. The van der Waals surface area contributed by atoms with Crippen LogP contribution in [0.4, 0.5) is 5.69 Å². The second-order valence-corrected chi connectivity index (χ2v) is 5.00. The van der Waals surface area contributed by atoms with Crippen LogP contribution in [0.5, 0.6) is 23.0 Å². The monoisotopic (exact) mass is 311 g/mol. The largest absolute Gasteiger partial charge is 0.454 e. The van der Waals surface area contributed by atoms with Gasteiger partial charge in [0.05, 0.1) is 0 Å². The van der Waals surface area contributed by atoms with E-state index in [2.05, 4.69) is 5.32 Å². The third-order valence-electron chi connectivity index (χ3n) is 3.46. The maximum atomic E-state index is 12.0. The number of fused-ring (bicyclic) bond motifs is 2. The first kappa shape index (κ1) is 13.5. The van der Waals surface area contributed by atoms with Crippen molar-refractivity contribution >= 4 is 17.7 Å². The van der Waals surface area contributed by atoms with E-state index in [9.17, 15) is 4.79 Å². The Labute approximate surface area is 132 Å². The van der Waals surface area contributed by atoms with Crippen LogP contribution in [-0.2, 0) is 4.79 Å². The minimum atomic E-state index is -0.235. The summed E-state index contributed by atoms with van der Waals surface area (Å²) in [5.74, 6) is 2.47. The first-order chi connectivity index (χ1) is 11.3. The van der Waals surface area contributed by atoms with Crippen LogP contribution < -0.4 is 24.3 Å². The second kappa shape index (κ2) is 5.57. The molecule has 0 fully saturated rings. The number of ether oxygens (including phenoxy) is 4. The van der Waals surface area contributed by atoms with Gasteiger partial charge in [-0.1, -0.05) is 6.07 Å². The fourth-order valence-corrected chi connectivity index (χ4v) is 2.35. The zero-order valence-electron chi connectivity index (χ0n) is 12.1. The van der Waals surface area contributed by atoms with Crippen LogP contribution in [0.2, 0.25) is 0 Å². The van der Waals surface area contributed by atoms with Gasteiger partial charge in [-0.2, -0.15) is 0 Å². The molecule has 116 valence electrons. The SMILES string of the molecule is O=C(C=Cc1ccc2c(c1)OCO2)Nc1ccc2c(c1)OCO2. The summed E-state index contributed by atoms with van der Waals surface area (Å²) in [5.41, 5.74) is 1.50. The number of benzene rings is 2. The van der Waals surface area contributed by atoms with Gasteiger partial charge in [-0.05, 0) is 35.9 Å². The van der Waals surface area contributed by atoms with Crippen molar-refractivity contribution in [1.29, 1.82) is 0 Å². The minimum absolute atomic E-state index is 0.205. The van der Waals surface area contributed by atoms with Gasteiger partial charge in [0, 0.05) is 17.8 Å². The molecule has 2 aromatic rings. The standard InChI is InChI=1S/C17H13NO5/c19-17(18-12-3-5-14-16(8-12)23-10-21-14)6-2-11-1-4-13-15(7-11)22-9-20-13/h1-8H,9-10H2,(H,18,19). The van der Waals surface area contributed by atoms with Crippen LogP contribution in [0, 0.1) is 0 Å². The number of rotatable bonds is 3. The maximum absolute atomic E-state index is 12.0. The molecule has 0 saturated heterocycles. The lowest BCUT2D eigenvalue weighted by Gasteiger charge is -2.03. The Bertz CT molecular complexity index is 800. The van der Waals surface area contributed by atoms with Crippen molar-refractivity contribution < 1.29 is 23.7 Å². The zero-order valence-corrected chi connectivity index (χ0v) is 12.1. The number of carbonyl (C=O) groups excluding carboxylic acids is 1. The van der Waals surface area contributed by atoms with Crippen LogP contribution in [0.25, 0.3) is 6.08 Å². The Morgan fingerprint density at radius 3 is 2.30 bits per heavy atom. The van der Waals surface area contributed by atoms with Crippen LogP contribution in [0.1, 0.15) is 5.56 Å². The molecule has 2 aliphatic rings. The number of hydrogen-bond acceptors (Lipinski definition) is 5. The fraction of sp³-hybridized carbons (Fsp3) is 0.118. The summed E-state index contributed by atoms with van der Waals surface area (Å²) < 4.78 is 21.1. The molecule has 4 rings (SSSR count). The van der Waals surface area contributed by atoms with Crippen LogP contribution in [0.15, 0.2) is 42.5 Å². The molecule has 2 aliphatic heterocycles. The molecular weight excluding hydrogens is 298 g/mol. The molecule has 6 heteroatoms. The van der Waals surface area contributed by atoms with Crippen molar-refractivity contribution in [3.8, 4) is 23.0 Å². The number of carbonyl (C=O) groups is 1. The molecule has 0 radical (unpaired) electrons. The molecule has 0 atom stereocenters. The van der Waals surface area contributed by atoms with Crippen molar-refractivity contribution in [2.75, 3.05) is 18.9 Å². The topological polar surface area (TPSA) is 66.0 Å². The maximum Gasteiger partial charge on any atom is 0.248 e. The molecule has 1 N–H and O–H groups in total. The van der Waals surface area contributed by atoms with Gasteiger partial charge in [-0.3, -0.25) is 4.79 Å². The highest BCUT2D eigenvalue weighted by atomic mass is 16.7. The van der Waals surface area contributed by atoms with E-state index in [0.29, 0.717) is 28.7 Å². The highest BCUT2D eigenvalue weighted by Crippen LogP contribution is 2.34. The van der Waals surface area contributed by atoms with E-state index < -0.39 is 0 Å². The third-order valence-corrected chi connectivity index (χ3v) is 3.46. The van der Waals surface area contributed by atoms with Crippen LogP contribution >= 0.6 is 0 Å². The second-order valence-electron chi connectivity index (χ2n) is 5.00. The normalized spacial score (nSPS) is 14.3. The van der Waals surface area contributed by atoms with E-state index in [1.165, 1.54) is 6.08 Å². The van der Waals surface area contributed by atoms with Crippen molar-refractivity contribution in [3.05, 3.63) is 48.0 Å². The van der Waals surface area contributed by atoms with Gasteiger partial charge >= 0.3 is 0 Å². The van der Waals surface area contributed by atoms with Gasteiger partial charge in [-0.25, -0.2) is 0 Å². The molecule has 0 aromatic heterocycles. The Balaban J connectivity index is 1.43. The van der Waals surface area contributed by atoms with Crippen LogP contribution in [-0.4, -0.2) is 19.5 Å². The molecule has 2 aromatic carbocycles. The predicted octanol–water partition coefficient (Wildman–Crippen LogP) is 2.80. The Morgan fingerprint density at radius 2 is 1.52 bits per heavy atom. The van der Waals surface area contributed by atoms with Crippen molar-refractivity contribution in [3.63, 3.8) is 0 Å². The molecule has 0 bridgehead atoms. The predicted molar refractivity (Wildman–Crippen MR) is 82.8 cm³/mol. The first-order valence-corrected chi connectivity index (χ1v) is 7.06. The summed E-state index contributed by atoms with van der Waals surface area (Å²) in [6, 6.07) is 10.8. The lowest BCUT2D eigenvalue weighted by atomic mass is 10.2. The minimum Gasteiger partial charge on any atom is -0.454 e. The molecule has 2 heterocycles. The van der Waals surface area contributed by atoms with Crippen LogP contribution in [0.3, 0.4) is 0 Å². The Hall–Kier alpha value is -3.15. The van der Waals surface area contributed by atoms with E-state index in [1.807, 2.05) is 18.2 Å². The number of anilines is 1. The van der Waals surface area contributed by atoms with E-state index in [0.717, 1.165) is 5.56 Å². The summed E-state index contributed by atoms with van der Waals surface area (Å²) in [6.07, 6.45) is 3.17. The molecule has 23 heavy (non-hydrogen) atoms. The van der Waals surface area contributed by atoms with E-state index in [4.69, 9.17) is 18.9 Å². The summed E-state index contributed by atoms with van der Waals surface area (Å²) in [5, 5.41) is 2.78. The Morgan fingerprint density at radius 1 is 0.870 bits per heavy atom. The lowest BCUT2D eigenvalue weighted by Crippen LogP contribution is -2.07. The molecule has 0 spiro atoms. The van der Waals surface area contributed by atoms with Crippen molar-refractivity contribution in [1.82, 2.24) is 0 Å². The number of hydrogen-bond donors (Lipinski definition) is 1.